The third-order valence-corrected chi connectivity index (χ3v) is 3.11. The summed E-state index contributed by atoms with van der Waals surface area (Å²) in [4.78, 5) is 13.0. The molecule has 3 rings (SSSR count). The lowest BCUT2D eigenvalue weighted by Gasteiger charge is -2.03. The van der Waals surface area contributed by atoms with Crippen LogP contribution in [-0.4, -0.2) is 31.3 Å². The van der Waals surface area contributed by atoms with Gasteiger partial charge in [0.2, 0.25) is 5.95 Å². The average molecular weight is 309 g/mol. The molecule has 18 heavy (non-hydrogen) atoms. The smallest absolute Gasteiger partial charge is 0.253 e. The first-order valence-electron chi connectivity index (χ1n) is 5.96. The first-order chi connectivity index (χ1) is 8.78. The van der Waals surface area contributed by atoms with E-state index >= 15 is 0 Å². The molecule has 1 aliphatic rings. The van der Waals surface area contributed by atoms with Gasteiger partial charge in [0.25, 0.3) is 5.95 Å². The maximum atomic E-state index is 4.51. The Kier molecular flexibility index (Phi) is 2.99. The lowest BCUT2D eigenvalue weighted by Crippen LogP contribution is -2.09. The predicted molar refractivity (Wildman–Crippen MR) is 70.8 cm³/mol. The van der Waals surface area contributed by atoms with Gasteiger partial charge in [0.05, 0.1) is 4.47 Å². The van der Waals surface area contributed by atoms with Gasteiger partial charge in [-0.1, -0.05) is 0 Å². The lowest BCUT2D eigenvalue weighted by molar-refractivity contribution is 0.782. The summed E-state index contributed by atoms with van der Waals surface area (Å²) in [5.74, 6) is 2.65. The second-order valence-electron chi connectivity index (χ2n) is 4.21. The van der Waals surface area contributed by atoms with Gasteiger partial charge in [-0.05, 0) is 35.7 Å². The molecule has 7 heteroatoms. The van der Waals surface area contributed by atoms with Crippen molar-refractivity contribution in [2.75, 3.05) is 11.9 Å². The third-order valence-electron chi connectivity index (χ3n) is 2.70. The van der Waals surface area contributed by atoms with Crippen molar-refractivity contribution >= 4 is 21.9 Å². The molecule has 1 saturated carbocycles. The molecule has 1 N–H and O–H groups in total. The zero-order valence-electron chi connectivity index (χ0n) is 9.97. The Morgan fingerprint density at radius 2 is 2.11 bits per heavy atom. The van der Waals surface area contributed by atoms with E-state index in [0.717, 1.165) is 16.8 Å². The highest BCUT2D eigenvalue weighted by molar-refractivity contribution is 9.10. The van der Waals surface area contributed by atoms with Crippen LogP contribution in [0.4, 0.5) is 5.95 Å². The number of aromatic nitrogens is 5. The standard InChI is InChI=1S/C11H13BrN6/c1-2-13-11-16-9(7-3-4-7)17-18(11)10-14-5-8(12)6-15-10/h5-7H,2-4H2,1H3,(H,13,16,17). The molecule has 0 spiro atoms. The molecule has 1 aliphatic carbocycles. The molecule has 1 fully saturated rings. The molecular weight excluding hydrogens is 296 g/mol. The van der Waals surface area contributed by atoms with E-state index in [9.17, 15) is 0 Å². The maximum Gasteiger partial charge on any atom is 0.253 e. The van der Waals surface area contributed by atoms with Crippen molar-refractivity contribution in [1.82, 2.24) is 24.7 Å². The highest BCUT2D eigenvalue weighted by atomic mass is 79.9. The van der Waals surface area contributed by atoms with Crippen LogP contribution in [0.25, 0.3) is 5.95 Å². The SMILES string of the molecule is CCNc1nc(C2CC2)nn1-c1ncc(Br)cn1. The number of anilines is 1. The van der Waals surface area contributed by atoms with Crippen molar-refractivity contribution in [1.29, 1.82) is 0 Å². The van der Waals surface area contributed by atoms with Crippen LogP contribution in [0.15, 0.2) is 16.9 Å². The number of hydrogen-bond acceptors (Lipinski definition) is 5. The van der Waals surface area contributed by atoms with Crippen LogP contribution in [0.3, 0.4) is 0 Å². The number of hydrogen-bond donors (Lipinski definition) is 1. The summed E-state index contributed by atoms with van der Waals surface area (Å²) in [5.41, 5.74) is 0. The monoisotopic (exact) mass is 308 g/mol. The van der Waals surface area contributed by atoms with Crippen LogP contribution in [0, 0.1) is 0 Å². The number of rotatable bonds is 4. The van der Waals surface area contributed by atoms with Crippen LogP contribution in [0.2, 0.25) is 0 Å². The fourth-order valence-corrected chi connectivity index (χ4v) is 1.87. The maximum absolute atomic E-state index is 4.51. The molecule has 0 aliphatic heterocycles. The van der Waals surface area contributed by atoms with Crippen molar-refractivity contribution in [3.63, 3.8) is 0 Å². The van der Waals surface area contributed by atoms with E-state index in [0.29, 0.717) is 17.8 Å². The molecule has 0 saturated heterocycles. The topological polar surface area (TPSA) is 68.5 Å². The molecule has 0 bridgehead atoms. The van der Waals surface area contributed by atoms with Gasteiger partial charge in [-0.15, -0.1) is 5.10 Å². The summed E-state index contributed by atoms with van der Waals surface area (Å²) in [6.45, 7) is 2.82. The fourth-order valence-electron chi connectivity index (χ4n) is 1.67. The van der Waals surface area contributed by atoms with Gasteiger partial charge in [0.15, 0.2) is 5.82 Å². The normalized spacial score (nSPS) is 14.8. The molecule has 0 amide bonds. The van der Waals surface area contributed by atoms with E-state index in [-0.39, 0.29) is 0 Å². The van der Waals surface area contributed by atoms with E-state index in [4.69, 9.17) is 0 Å². The summed E-state index contributed by atoms with van der Waals surface area (Å²) in [5, 5.41) is 7.68. The van der Waals surface area contributed by atoms with Crippen molar-refractivity contribution in [2.45, 2.75) is 25.7 Å². The van der Waals surface area contributed by atoms with E-state index in [1.54, 1.807) is 17.1 Å². The van der Waals surface area contributed by atoms with Gasteiger partial charge in [-0.2, -0.15) is 9.67 Å². The minimum absolute atomic E-state index is 0.513. The lowest BCUT2D eigenvalue weighted by atomic mass is 10.4. The van der Waals surface area contributed by atoms with Gasteiger partial charge < -0.3 is 5.32 Å². The first kappa shape index (κ1) is 11.6. The average Bonchev–Trinajstić information content (AvgIpc) is 3.13. The Bertz CT molecular complexity index is 545. The summed E-state index contributed by atoms with van der Waals surface area (Å²) in [6, 6.07) is 0. The molecule has 2 heterocycles. The van der Waals surface area contributed by atoms with Gasteiger partial charge >= 0.3 is 0 Å². The molecular formula is C11H13BrN6. The van der Waals surface area contributed by atoms with E-state index < -0.39 is 0 Å². The zero-order chi connectivity index (χ0) is 12.5. The molecule has 0 unspecified atom stereocenters. The van der Waals surface area contributed by atoms with Crippen molar-refractivity contribution in [3.8, 4) is 5.95 Å². The van der Waals surface area contributed by atoms with Crippen molar-refractivity contribution in [3.05, 3.63) is 22.7 Å². The summed E-state index contributed by atoms with van der Waals surface area (Å²) < 4.78 is 2.52. The molecule has 0 aromatic carbocycles. The summed E-state index contributed by atoms with van der Waals surface area (Å²) in [7, 11) is 0. The molecule has 2 aromatic rings. The van der Waals surface area contributed by atoms with Crippen LogP contribution in [0.1, 0.15) is 31.5 Å². The number of nitrogens with one attached hydrogen (secondary N) is 1. The van der Waals surface area contributed by atoms with Crippen molar-refractivity contribution < 1.29 is 0 Å². The fraction of sp³-hybridized carbons (Fsp3) is 0.455. The summed E-state index contributed by atoms with van der Waals surface area (Å²) in [6.07, 6.45) is 5.76. The molecule has 0 radical (unpaired) electrons. The Morgan fingerprint density at radius 3 is 2.72 bits per heavy atom. The number of nitrogens with zero attached hydrogens (tertiary/aromatic N) is 5. The van der Waals surface area contributed by atoms with Crippen LogP contribution >= 0.6 is 15.9 Å². The Hall–Kier alpha value is -1.50. The highest BCUT2D eigenvalue weighted by Crippen LogP contribution is 2.38. The quantitative estimate of drug-likeness (QED) is 0.937. The highest BCUT2D eigenvalue weighted by Gasteiger charge is 2.29. The minimum Gasteiger partial charge on any atom is -0.354 e. The predicted octanol–water partition coefficient (Wildman–Crippen LogP) is 2.13. The number of halogens is 1. The van der Waals surface area contributed by atoms with Crippen molar-refractivity contribution in [2.24, 2.45) is 0 Å². The molecule has 0 atom stereocenters. The van der Waals surface area contributed by atoms with Crippen LogP contribution in [-0.2, 0) is 0 Å². The zero-order valence-corrected chi connectivity index (χ0v) is 11.6. The summed E-state index contributed by atoms with van der Waals surface area (Å²) >= 11 is 3.32. The Labute approximate surface area is 113 Å². The molecule has 6 nitrogen and oxygen atoms in total. The van der Waals surface area contributed by atoms with Gasteiger partial charge in [0.1, 0.15) is 0 Å². The largest absolute Gasteiger partial charge is 0.354 e. The van der Waals surface area contributed by atoms with E-state index in [1.807, 2.05) is 6.92 Å². The second-order valence-corrected chi connectivity index (χ2v) is 5.13. The third kappa shape index (κ3) is 2.22. The first-order valence-corrected chi connectivity index (χ1v) is 6.76. The Balaban J connectivity index is 2.00. The van der Waals surface area contributed by atoms with E-state index in [2.05, 4.69) is 41.3 Å². The Morgan fingerprint density at radius 1 is 1.39 bits per heavy atom. The molecule has 2 aromatic heterocycles. The molecule has 94 valence electrons. The van der Waals surface area contributed by atoms with Gasteiger partial charge in [-0.25, -0.2) is 9.97 Å². The van der Waals surface area contributed by atoms with Gasteiger partial charge in [-0.3, -0.25) is 0 Å². The van der Waals surface area contributed by atoms with Crippen LogP contribution < -0.4 is 5.32 Å². The second kappa shape index (κ2) is 4.64. The van der Waals surface area contributed by atoms with Crippen LogP contribution in [0.5, 0.6) is 0 Å². The minimum atomic E-state index is 0.513. The van der Waals surface area contributed by atoms with E-state index in [1.165, 1.54) is 12.8 Å². The van der Waals surface area contributed by atoms with Gasteiger partial charge in [0, 0.05) is 24.9 Å².